The first-order valence-electron chi connectivity index (χ1n) is 12.2. The van der Waals surface area contributed by atoms with Crippen molar-refractivity contribution in [2.45, 2.75) is 49.4 Å². The third-order valence-electron chi connectivity index (χ3n) is 6.84. The third-order valence-corrected chi connectivity index (χ3v) is 8.58. The molecule has 3 aromatic carbocycles. The van der Waals surface area contributed by atoms with Gasteiger partial charge in [-0.15, -0.1) is 0 Å². The second-order valence-corrected chi connectivity index (χ2v) is 11.5. The number of fused-ring (bicyclic) bond motifs is 1. The van der Waals surface area contributed by atoms with E-state index in [4.69, 9.17) is 0 Å². The minimum atomic E-state index is -4.12. The third kappa shape index (κ3) is 4.55. The molecule has 0 N–H and O–H groups in total. The lowest BCUT2D eigenvalue weighted by Crippen LogP contribution is -2.30. The van der Waals surface area contributed by atoms with Crippen LogP contribution in [0.1, 0.15) is 36.0 Å². The summed E-state index contributed by atoms with van der Waals surface area (Å²) in [5, 5.41) is 0.0645. The second kappa shape index (κ2) is 9.54. The summed E-state index contributed by atoms with van der Waals surface area (Å²) in [6.07, 6.45) is 4.51. The predicted octanol–water partition coefficient (Wildman–Crippen LogP) is 5.63. The largest absolute Gasteiger partial charge is 0.369 e. The number of sulfone groups is 1. The topological polar surface area (TPSA) is 59.4 Å². The van der Waals surface area contributed by atoms with Crippen molar-refractivity contribution in [2.24, 2.45) is 0 Å². The summed E-state index contributed by atoms with van der Waals surface area (Å²) >= 11 is 0. The van der Waals surface area contributed by atoms with E-state index in [1.54, 1.807) is 35.8 Å². The first-order chi connectivity index (χ1) is 17.2. The highest BCUT2D eigenvalue weighted by molar-refractivity contribution is 7.91. The van der Waals surface area contributed by atoms with E-state index in [1.165, 1.54) is 18.3 Å². The van der Waals surface area contributed by atoms with Gasteiger partial charge in [0.2, 0.25) is 15.3 Å². The van der Waals surface area contributed by atoms with E-state index in [9.17, 15) is 13.2 Å². The number of halogens is 1. The van der Waals surface area contributed by atoms with Crippen molar-refractivity contribution in [3.8, 4) is 0 Å². The van der Waals surface area contributed by atoms with Gasteiger partial charge in [-0.1, -0.05) is 42.0 Å². The number of nitrogens with zero attached hydrogens (tertiary/aromatic N) is 2. The molecule has 0 amide bonds. The molecule has 1 fully saturated rings. The molecule has 1 saturated heterocycles. The Labute approximate surface area is 210 Å². The Bertz CT molecular complexity index is 1620. The summed E-state index contributed by atoms with van der Waals surface area (Å²) in [7, 11) is -4.12. The van der Waals surface area contributed by atoms with E-state index in [1.807, 2.05) is 36.1 Å². The van der Waals surface area contributed by atoms with Gasteiger partial charge in [-0.25, -0.2) is 12.8 Å². The zero-order chi connectivity index (χ0) is 25.4. The maximum atomic E-state index is 15.4. The van der Waals surface area contributed by atoms with Gasteiger partial charge < -0.3 is 9.47 Å². The minimum Gasteiger partial charge on any atom is -0.369 e. The SMILES string of the molecule is Cc1cccc(Cn2cc(S(=O)(=O)c3cccc(C)c3)c(=O)c3cc(F)c(N4CCCCC4)cc32)c1. The van der Waals surface area contributed by atoms with Gasteiger partial charge in [-0.3, -0.25) is 4.79 Å². The highest BCUT2D eigenvalue weighted by atomic mass is 32.2. The molecule has 0 aliphatic carbocycles. The van der Waals surface area contributed by atoms with Gasteiger partial charge in [0.05, 0.1) is 21.5 Å². The van der Waals surface area contributed by atoms with Gasteiger partial charge in [-0.2, -0.15) is 0 Å². The zero-order valence-corrected chi connectivity index (χ0v) is 21.3. The number of anilines is 1. The van der Waals surface area contributed by atoms with Gasteiger partial charge in [-0.05, 0) is 68.5 Å². The number of hydrogen-bond acceptors (Lipinski definition) is 4. The Hall–Kier alpha value is -3.45. The van der Waals surface area contributed by atoms with E-state index in [2.05, 4.69) is 0 Å². The molecule has 7 heteroatoms. The number of piperidine rings is 1. The van der Waals surface area contributed by atoms with Gasteiger partial charge in [0.1, 0.15) is 10.7 Å². The van der Waals surface area contributed by atoms with Crippen molar-refractivity contribution in [1.29, 1.82) is 0 Å². The van der Waals surface area contributed by atoms with Crippen LogP contribution >= 0.6 is 0 Å². The van der Waals surface area contributed by atoms with E-state index >= 15 is 4.39 Å². The Morgan fingerprint density at radius 1 is 0.889 bits per heavy atom. The molecule has 0 saturated carbocycles. The number of aromatic nitrogens is 1. The first-order valence-corrected chi connectivity index (χ1v) is 13.7. The Kier molecular flexibility index (Phi) is 6.43. The van der Waals surface area contributed by atoms with E-state index < -0.39 is 21.1 Å². The van der Waals surface area contributed by atoms with Gasteiger partial charge in [0, 0.05) is 25.8 Å². The van der Waals surface area contributed by atoms with Crippen LogP contribution in [0.5, 0.6) is 0 Å². The number of rotatable bonds is 5. The summed E-state index contributed by atoms with van der Waals surface area (Å²) in [5.41, 5.74) is 3.10. The molecule has 5 nitrogen and oxygen atoms in total. The van der Waals surface area contributed by atoms with Crippen LogP contribution in [-0.2, 0) is 16.4 Å². The smallest absolute Gasteiger partial charge is 0.211 e. The lowest BCUT2D eigenvalue weighted by molar-refractivity contribution is 0.557. The fraction of sp³-hybridized carbons (Fsp3) is 0.276. The molecule has 2 heterocycles. The number of hydrogen-bond donors (Lipinski definition) is 0. The predicted molar refractivity (Wildman–Crippen MR) is 141 cm³/mol. The van der Waals surface area contributed by atoms with Crippen molar-refractivity contribution in [2.75, 3.05) is 18.0 Å². The molecular weight excluding hydrogens is 475 g/mol. The Morgan fingerprint density at radius 2 is 1.58 bits per heavy atom. The fourth-order valence-electron chi connectivity index (χ4n) is 4.99. The maximum absolute atomic E-state index is 15.4. The van der Waals surface area contributed by atoms with Crippen molar-refractivity contribution >= 4 is 26.4 Å². The molecule has 0 unspecified atom stereocenters. The molecule has 36 heavy (non-hydrogen) atoms. The average molecular weight is 505 g/mol. The standard InChI is InChI=1S/C29H29FN2O3S/c1-20-8-6-10-22(14-20)18-32-19-28(36(34,35)23-11-7-9-21(2)15-23)29(33)24-16-25(30)27(17-26(24)32)31-12-4-3-5-13-31/h6-11,14-17,19H,3-5,12-13,18H2,1-2H3. The molecule has 1 aromatic heterocycles. The molecule has 4 aromatic rings. The van der Waals surface area contributed by atoms with Crippen molar-refractivity contribution < 1.29 is 12.8 Å². The summed E-state index contributed by atoms with van der Waals surface area (Å²) in [5.74, 6) is -0.506. The molecule has 0 spiro atoms. The quantitative estimate of drug-likeness (QED) is 0.354. The number of pyridine rings is 1. The second-order valence-electron chi connectivity index (χ2n) is 9.63. The Morgan fingerprint density at radius 3 is 2.28 bits per heavy atom. The van der Waals surface area contributed by atoms with Gasteiger partial charge >= 0.3 is 0 Å². The fourth-order valence-corrected chi connectivity index (χ4v) is 6.46. The summed E-state index contributed by atoms with van der Waals surface area (Å²) in [4.78, 5) is 15.3. The molecule has 0 bridgehead atoms. The maximum Gasteiger partial charge on any atom is 0.211 e. The van der Waals surface area contributed by atoms with E-state index in [-0.39, 0.29) is 15.2 Å². The van der Waals surface area contributed by atoms with Crippen LogP contribution in [0.4, 0.5) is 10.1 Å². The zero-order valence-electron chi connectivity index (χ0n) is 20.5. The highest BCUT2D eigenvalue weighted by Gasteiger charge is 2.26. The monoisotopic (exact) mass is 504 g/mol. The summed E-state index contributed by atoms with van der Waals surface area (Å²) in [6.45, 7) is 5.64. The van der Waals surface area contributed by atoms with Crippen molar-refractivity contribution in [3.05, 3.63) is 99.6 Å². The van der Waals surface area contributed by atoms with Crippen LogP contribution in [0.15, 0.2) is 81.4 Å². The summed E-state index contributed by atoms with van der Waals surface area (Å²) in [6, 6.07) is 17.3. The normalized spacial score (nSPS) is 14.4. The summed E-state index contributed by atoms with van der Waals surface area (Å²) < 4.78 is 44.3. The lowest BCUT2D eigenvalue weighted by Gasteiger charge is -2.29. The minimum absolute atomic E-state index is 0.0477. The molecule has 186 valence electrons. The van der Waals surface area contributed by atoms with Crippen LogP contribution in [0.25, 0.3) is 10.9 Å². The molecule has 0 radical (unpaired) electrons. The van der Waals surface area contributed by atoms with Crippen molar-refractivity contribution in [3.63, 3.8) is 0 Å². The Balaban J connectivity index is 1.75. The van der Waals surface area contributed by atoms with Crippen LogP contribution in [0.3, 0.4) is 0 Å². The lowest BCUT2D eigenvalue weighted by atomic mass is 10.1. The number of benzene rings is 3. The van der Waals surface area contributed by atoms with E-state index in [0.717, 1.165) is 49.0 Å². The van der Waals surface area contributed by atoms with Crippen LogP contribution in [0.2, 0.25) is 0 Å². The highest BCUT2D eigenvalue weighted by Crippen LogP contribution is 2.29. The van der Waals surface area contributed by atoms with Crippen LogP contribution < -0.4 is 10.3 Å². The van der Waals surface area contributed by atoms with Crippen molar-refractivity contribution in [1.82, 2.24) is 4.57 Å². The molecular formula is C29H29FN2O3S. The van der Waals surface area contributed by atoms with Gasteiger partial charge in [0.25, 0.3) is 0 Å². The van der Waals surface area contributed by atoms with Crippen LogP contribution in [-0.4, -0.2) is 26.1 Å². The molecule has 0 atom stereocenters. The van der Waals surface area contributed by atoms with E-state index in [0.29, 0.717) is 17.7 Å². The van der Waals surface area contributed by atoms with Gasteiger partial charge in [0.15, 0.2) is 0 Å². The average Bonchev–Trinajstić information content (AvgIpc) is 2.86. The molecule has 5 rings (SSSR count). The first kappa shape index (κ1) is 24.3. The van der Waals surface area contributed by atoms with Crippen LogP contribution in [0, 0.1) is 19.7 Å². The number of aryl methyl sites for hydroxylation is 2. The molecule has 1 aliphatic heterocycles. The molecule has 1 aliphatic rings.